The number of hydrogen-bond acceptors (Lipinski definition) is 4. The van der Waals surface area contributed by atoms with E-state index in [1.807, 2.05) is 49.4 Å². The molecular weight excluding hydrogens is 478 g/mol. The number of anilines is 1. The molecule has 0 aliphatic heterocycles. The maximum atomic E-state index is 13.8. The minimum absolute atomic E-state index is 0.349. The number of amides is 3. The van der Waals surface area contributed by atoms with Crippen molar-refractivity contribution in [2.75, 3.05) is 11.9 Å². The first-order chi connectivity index (χ1) is 16.9. The molecule has 0 bridgehead atoms. The fraction of sp³-hybridized carbons (Fsp3) is 0.464. The highest BCUT2D eigenvalue weighted by molar-refractivity contribution is 6.34. The van der Waals surface area contributed by atoms with Gasteiger partial charge in [-0.25, -0.2) is 4.79 Å². The van der Waals surface area contributed by atoms with Gasteiger partial charge in [-0.05, 0) is 58.2 Å². The van der Waals surface area contributed by atoms with Gasteiger partial charge < -0.3 is 20.3 Å². The summed E-state index contributed by atoms with van der Waals surface area (Å²) >= 11 is 6.37. The highest BCUT2D eigenvalue weighted by Gasteiger charge is 2.34. The van der Waals surface area contributed by atoms with Crippen molar-refractivity contribution in [2.24, 2.45) is 0 Å². The predicted octanol–water partition coefficient (Wildman–Crippen LogP) is 6.26. The van der Waals surface area contributed by atoms with E-state index in [0.29, 0.717) is 29.2 Å². The third kappa shape index (κ3) is 8.55. The number of ether oxygens (including phenoxy) is 1. The number of unbranched alkanes of at least 4 members (excludes halogenated alkanes) is 2. The Hall–Kier alpha value is -3.06. The molecular formula is C28H38ClN3O4. The molecule has 2 rings (SSSR count). The maximum absolute atomic E-state index is 13.8. The van der Waals surface area contributed by atoms with Crippen molar-refractivity contribution in [3.8, 4) is 0 Å². The van der Waals surface area contributed by atoms with Gasteiger partial charge in [-0.2, -0.15) is 0 Å². The average molecular weight is 516 g/mol. The van der Waals surface area contributed by atoms with Crippen LogP contribution in [-0.4, -0.2) is 41.0 Å². The van der Waals surface area contributed by atoms with Crippen LogP contribution < -0.4 is 10.6 Å². The second-order valence-corrected chi connectivity index (χ2v) is 10.2. The van der Waals surface area contributed by atoms with E-state index in [-0.39, 0.29) is 11.8 Å². The summed E-state index contributed by atoms with van der Waals surface area (Å²) in [7, 11) is 0. The zero-order chi connectivity index (χ0) is 26.9. The highest BCUT2D eigenvalue weighted by atomic mass is 35.5. The summed E-state index contributed by atoms with van der Waals surface area (Å²) in [5.74, 6) is -0.761. The molecule has 0 aliphatic rings. The van der Waals surface area contributed by atoms with Crippen LogP contribution in [0.15, 0.2) is 48.5 Å². The molecule has 2 aromatic rings. The van der Waals surface area contributed by atoms with Crippen molar-refractivity contribution in [3.05, 3.63) is 64.7 Å². The number of alkyl carbamates (subject to hydrolysis) is 1. The lowest BCUT2D eigenvalue weighted by Crippen LogP contribution is -2.51. The lowest BCUT2D eigenvalue weighted by Gasteiger charge is -2.34. The van der Waals surface area contributed by atoms with E-state index in [2.05, 4.69) is 17.6 Å². The van der Waals surface area contributed by atoms with Crippen molar-refractivity contribution < 1.29 is 19.1 Å². The van der Waals surface area contributed by atoms with Crippen LogP contribution in [0.2, 0.25) is 5.02 Å². The first kappa shape index (κ1) is 29.2. The summed E-state index contributed by atoms with van der Waals surface area (Å²) in [4.78, 5) is 41.3. The quantitative estimate of drug-likeness (QED) is 0.365. The monoisotopic (exact) mass is 515 g/mol. The molecule has 0 fully saturated rings. The number of carbonyl (C=O) groups is 3. The minimum atomic E-state index is -0.922. The summed E-state index contributed by atoms with van der Waals surface area (Å²) in [6, 6.07) is 12.7. The molecule has 0 radical (unpaired) electrons. The summed E-state index contributed by atoms with van der Waals surface area (Å²) in [5, 5.41) is 5.97. The predicted molar refractivity (Wildman–Crippen MR) is 144 cm³/mol. The molecule has 2 unspecified atom stereocenters. The summed E-state index contributed by atoms with van der Waals surface area (Å²) in [6.07, 6.45) is 1.87. The number of nitrogens with zero attached hydrogens (tertiary/aromatic N) is 1. The molecule has 2 atom stereocenters. The molecule has 36 heavy (non-hydrogen) atoms. The van der Waals surface area contributed by atoms with Gasteiger partial charge in [0.25, 0.3) is 5.91 Å². The maximum Gasteiger partial charge on any atom is 0.408 e. The number of benzene rings is 2. The third-order valence-electron chi connectivity index (χ3n) is 5.53. The van der Waals surface area contributed by atoms with Crippen molar-refractivity contribution in [3.63, 3.8) is 0 Å². The van der Waals surface area contributed by atoms with Crippen molar-refractivity contribution in [1.82, 2.24) is 10.2 Å². The molecule has 196 valence electrons. The van der Waals surface area contributed by atoms with Gasteiger partial charge in [0.05, 0.1) is 10.7 Å². The molecule has 0 aromatic heterocycles. The van der Waals surface area contributed by atoms with Crippen molar-refractivity contribution in [1.29, 1.82) is 0 Å². The van der Waals surface area contributed by atoms with E-state index >= 15 is 0 Å². The smallest absolute Gasteiger partial charge is 0.408 e. The molecule has 0 saturated heterocycles. The molecule has 2 N–H and O–H groups in total. The Morgan fingerprint density at radius 3 is 2.28 bits per heavy atom. The number of para-hydroxylation sites is 1. The Morgan fingerprint density at radius 1 is 1.03 bits per heavy atom. The Morgan fingerprint density at radius 2 is 1.69 bits per heavy atom. The minimum Gasteiger partial charge on any atom is -0.444 e. The van der Waals surface area contributed by atoms with Crippen LogP contribution in [0.5, 0.6) is 0 Å². The van der Waals surface area contributed by atoms with Gasteiger partial charge in [0.2, 0.25) is 5.91 Å². The van der Waals surface area contributed by atoms with E-state index < -0.39 is 23.8 Å². The van der Waals surface area contributed by atoms with Crippen LogP contribution in [0.4, 0.5) is 10.5 Å². The van der Waals surface area contributed by atoms with Crippen LogP contribution in [0, 0.1) is 6.92 Å². The fourth-order valence-corrected chi connectivity index (χ4v) is 4.05. The molecule has 0 saturated carbocycles. The normalized spacial score (nSPS) is 12.9. The first-order valence-corrected chi connectivity index (χ1v) is 12.7. The molecule has 0 spiro atoms. The second-order valence-electron chi connectivity index (χ2n) is 9.84. The first-order valence-electron chi connectivity index (χ1n) is 12.4. The summed E-state index contributed by atoms with van der Waals surface area (Å²) in [6.45, 7) is 11.1. The zero-order valence-electron chi connectivity index (χ0n) is 22.1. The van der Waals surface area contributed by atoms with Gasteiger partial charge in [0.1, 0.15) is 17.7 Å². The van der Waals surface area contributed by atoms with Crippen LogP contribution >= 0.6 is 11.6 Å². The Bertz CT molecular complexity index is 1020. The number of hydrogen-bond donors (Lipinski definition) is 2. The van der Waals surface area contributed by atoms with Gasteiger partial charge in [-0.1, -0.05) is 73.8 Å². The van der Waals surface area contributed by atoms with Gasteiger partial charge in [-0.3, -0.25) is 9.59 Å². The Labute approximate surface area is 219 Å². The molecule has 7 nitrogen and oxygen atoms in total. The number of carbonyl (C=O) groups excluding carboxylic acids is 3. The Kier molecular flexibility index (Phi) is 10.8. The highest BCUT2D eigenvalue weighted by Crippen LogP contribution is 2.29. The van der Waals surface area contributed by atoms with Crippen molar-refractivity contribution in [2.45, 2.75) is 78.5 Å². The topological polar surface area (TPSA) is 87.7 Å². The third-order valence-corrected chi connectivity index (χ3v) is 5.85. The van der Waals surface area contributed by atoms with Gasteiger partial charge in [0.15, 0.2) is 0 Å². The lowest BCUT2D eigenvalue weighted by molar-refractivity contribution is -0.140. The standard InChI is InChI=1S/C28H38ClN3O4/c1-7-8-12-18-32(26(34)20(3)30-27(35)36-28(4,5)6)24(21-15-10-9-11-16-21)25(33)31-23-19(2)14-13-17-22(23)29/h9-11,13-17,20,24H,7-8,12,18H2,1-6H3,(H,30,35)(H,31,33). The number of nitrogens with one attached hydrogen (secondary N) is 2. The summed E-state index contributed by atoms with van der Waals surface area (Å²) < 4.78 is 5.32. The fourth-order valence-electron chi connectivity index (χ4n) is 3.78. The second kappa shape index (κ2) is 13.3. The largest absolute Gasteiger partial charge is 0.444 e. The van der Waals surface area contributed by atoms with Crippen LogP contribution in [-0.2, 0) is 14.3 Å². The van der Waals surface area contributed by atoms with E-state index in [1.165, 1.54) is 4.90 Å². The van der Waals surface area contributed by atoms with Crippen LogP contribution in [0.25, 0.3) is 0 Å². The number of halogens is 1. The summed E-state index contributed by atoms with van der Waals surface area (Å²) in [5.41, 5.74) is 1.28. The van der Waals surface area contributed by atoms with E-state index in [4.69, 9.17) is 16.3 Å². The molecule has 8 heteroatoms. The number of aryl methyl sites for hydroxylation is 1. The average Bonchev–Trinajstić information content (AvgIpc) is 2.79. The Balaban J connectivity index is 2.42. The molecule has 0 heterocycles. The van der Waals surface area contributed by atoms with E-state index in [1.54, 1.807) is 33.8 Å². The van der Waals surface area contributed by atoms with Gasteiger partial charge in [-0.15, -0.1) is 0 Å². The zero-order valence-corrected chi connectivity index (χ0v) is 22.8. The van der Waals surface area contributed by atoms with Gasteiger partial charge in [0, 0.05) is 6.54 Å². The SMILES string of the molecule is CCCCCN(C(=O)C(C)NC(=O)OC(C)(C)C)C(C(=O)Nc1c(C)cccc1Cl)c1ccccc1. The van der Waals surface area contributed by atoms with Crippen LogP contribution in [0.1, 0.15) is 71.0 Å². The van der Waals surface area contributed by atoms with E-state index in [0.717, 1.165) is 18.4 Å². The van der Waals surface area contributed by atoms with Crippen molar-refractivity contribution >= 4 is 35.2 Å². The van der Waals surface area contributed by atoms with Crippen LogP contribution in [0.3, 0.4) is 0 Å². The van der Waals surface area contributed by atoms with Gasteiger partial charge >= 0.3 is 6.09 Å². The molecule has 0 aliphatic carbocycles. The van der Waals surface area contributed by atoms with E-state index in [9.17, 15) is 14.4 Å². The molecule has 2 aromatic carbocycles. The lowest BCUT2D eigenvalue weighted by atomic mass is 10.0. The number of rotatable bonds is 10. The molecule has 3 amide bonds.